The topological polar surface area (TPSA) is 210 Å². The first-order chi connectivity index (χ1) is 22.8. The van der Waals surface area contributed by atoms with Crippen LogP contribution in [0.1, 0.15) is 16.4 Å². The van der Waals surface area contributed by atoms with E-state index >= 15 is 0 Å². The Morgan fingerprint density at radius 2 is 1.65 bits per heavy atom. The van der Waals surface area contributed by atoms with Crippen LogP contribution in [0.15, 0.2) is 81.4 Å². The molecule has 2 unspecified atom stereocenters. The van der Waals surface area contributed by atoms with E-state index < -0.39 is 61.2 Å². The Morgan fingerprint density at radius 3 is 2.25 bits per heavy atom. The number of fused-ring (bicyclic) bond motifs is 2. The van der Waals surface area contributed by atoms with Gasteiger partial charge in [-0.15, -0.1) is 0 Å². The predicted octanol–water partition coefficient (Wildman–Crippen LogP) is 2.92. The summed E-state index contributed by atoms with van der Waals surface area (Å²) >= 11 is 1.85. The number of sulfonamides is 1. The van der Waals surface area contributed by atoms with Gasteiger partial charge in [0.15, 0.2) is 11.5 Å². The Balaban J connectivity index is 1.39. The van der Waals surface area contributed by atoms with Crippen LogP contribution in [0, 0.1) is 16.0 Å². The van der Waals surface area contributed by atoms with Crippen molar-refractivity contribution in [3.05, 3.63) is 97.0 Å². The van der Waals surface area contributed by atoms with E-state index in [4.69, 9.17) is 14.6 Å². The second-order valence-electron chi connectivity index (χ2n) is 10.7. The molecule has 248 valence electrons. The van der Waals surface area contributed by atoms with Crippen molar-refractivity contribution in [2.24, 2.45) is 11.1 Å². The van der Waals surface area contributed by atoms with Crippen molar-refractivity contribution in [2.75, 3.05) is 24.4 Å². The number of benzene rings is 3. The van der Waals surface area contributed by atoms with Gasteiger partial charge >= 0.3 is 4.87 Å². The van der Waals surface area contributed by atoms with E-state index in [-0.39, 0.29) is 22.0 Å². The zero-order valence-corrected chi connectivity index (χ0v) is 27.5. The molecule has 0 saturated carbocycles. The summed E-state index contributed by atoms with van der Waals surface area (Å²) in [7, 11) is -1.03. The SMILES string of the molecule is COc1ccc([C@@H]2c3sc(=O)n(CC(=O)Nc4ccc(S(N)(=O)=O)cc4)c3SC3C(=O)N(c4ccc([N+](=O)[O-])cc4)C(=O)C32)cc1OC. The maximum Gasteiger partial charge on any atom is 0.308 e. The van der Waals surface area contributed by atoms with Crippen LogP contribution in [0.3, 0.4) is 0 Å². The lowest BCUT2D eigenvalue weighted by atomic mass is 9.83. The molecule has 6 rings (SSSR count). The van der Waals surface area contributed by atoms with Crippen molar-refractivity contribution in [1.82, 2.24) is 4.57 Å². The van der Waals surface area contributed by atoms with Gasteiger partial charge < -0.3 is 14.8 Å². The third-order valence-electron chi connectivity index (χ3n) is 7.90. The van der Waals surface area contributed by atoms with Crippen molar-refractivity contribution in [2.45, 2.75) is 27.6 Å². The molecule has 0 spiro atoms. The fourth-order valence-corrected chi connectivity index (χ4v) is 9.00. The highest BCUT2D eigenvalue weighted by Gasteiger charge is 2.57. The van der Waals surface area contributed by atoms with Gasteiger partial charge in [-0.05, 0) is 54.1 Å². The molecule has 3 amide bonds. The minimum atomic E-state index is -3.94. The maximum absolute atomic E-state index is 14.1. The first kappa shape index (κ1) is 32.9. The van der Waals surface area contributed by atoms with Crippen LogP contribution < -0.4 is 29.7 Å². The van der Waals surface area contributed by atoms with Crippen LogP contribution >= 0.6 is 23.1 Å². The van der Waals surface area contributed by atoms with Crippen LogP contribution in [-0.4, -0.2) is 55.1 Å². The van der Waals surface area contributed by atoms with E-state index in [0.29, 0.717) is 27.0 Å². The van der Waals surface area contributed by atoms with Crippen molar-refractivity contribution >= 4 is 67.9 Å². The number of nitrogens with two attached hydrogens (primary N) is 1. The van der Waals surface area contributed by atoms with E-state index in [1.165, 1.54) is 67.3 Å². The zero-order valence-electron chi connectivity index (χ0n) is 25.0. The highest BCUT2D eigenvalue weighted by Crippen LogP contribution is 2.54. The highest BCUT2D eigenvalue weighted by atomic mass is 32.2. The number of amides is 3. The minimum Gasteiger partial charge on any atom is -0.493 e. The fourth-order valence-electron chi connectivity index (χ4n) is 5.71. The first-order valence-corrected chi connectivity index (χ1v) is 17.2. The Morgan fingerprint density at radius 1 is 0.979 bits per heavy atom. The summed E-state index contributed by atoms with van der Waals surface area (Å²) < 4.78 is 35.3. The number of nitrogens with one attached hydrogen (secondary N) is 1. The van der Waals surface area contributed by atoms with E-state index in [1.54, 1.807) is 18.2 Å². The normalized spacial score (nSPS) is 18.6. The number of thiazole rings is 1. The number of nitro groups is 1. The number of carbonyl (C=O) groups excluding carboxylic acids is 3. The number of nitro benzene ring substituents is 1. The third kappa shape index (κ3) is 5.83. The van der Waals surface area contributed by atoms with Gasteiger partial charge in [-0.3, -0.25) is 33.9 Å². The number of aromatic nitrogens is 1. The lowest BCUT2D eigenvalue weighted by molar-refractivity contribution is -0.384. The molecule has 3 heterocycles. The Kier molecular flexibility index (Phi) is 8.58. The number of non-ortho nitro benzene ring substituents is 1. The van der Waals surface area contributed by atoms with Gasteiger partial charge in [-0.2, -0.15) is 0 Å². The average molecular weight is 712 g/mol. The molecular formula is C30H25N5O10S3. The van der Waals surface area contributed by atoms with Crippen molar-refractivity contribution in [3.63, 3.8) is 0 Å². The number of nitrogens with zero attached hydrogens (tertiary/aromatic N) is 3. The molecule has 4 aromatic rings. The van der Waals surface area contributed by atoms with Gasteiger partial charge in [0.05, 0.1) is 40.7 Å². The molecule has 48 heavy (non-hydrogen) atoms. The quantitative estimate of drug-likeness (QED) is 0.146. The molecule has 18 heteroatoms. The summed E-state index contributed by atoms with van der Waals surface area (Å²) in [5.41, 5.74) is 0.766. The Labute approximate surface area is 280 Å². The van der Waals surface area contributed by atoms with Gasteiger partial charge in [0, 0.05) is 28.6 Å². The molecule has 2 aliphatic rings. The fraction of sp³-hybridized carbons (Fsp3) is 0.200. The molecule has 0 aliphatic carbocycles. The van der Waals surface area contributed by atoms with E-state index in [0.717, 1.165) is 28.0 Å². The summed E-state index contributed by atoms with van der Waals surface area (Å²) in [6.45, 7) is -0.446. The van der Waals surface area contributed by atoms with Crippen LogP contribution in [-0.2, 0) is 31.0 Å². The number of thioether (sulfide) groups is 1. The lowest BCUT2D eigenvalue weighted by Gasteiger charge is -2.31. The Hall–Kier alpha value is -5.04. The standard InChI is InChI=1S/C30H25N5O10S3/c1-44-20-12-3-15(13-21(20)45-2)23-24-25(28(38)34(27(24)37)17-6-8-18(9-7-17)35(40)41)46-29-26(23)47-30(39)33(29)14-22(36)32-16-4-10-19(11-5-16)48(31,42)43/h3-13,23-25H,14H2,1-2H3,(H,32,36)(H2,31,42,43)/t23-,24?,25?/m0/s1. The number of carbonyl (C=O) groups is 3. The van der Waals surface area contributed by atoms with Crippen LogP contribution in [0.4, 0.5) is 17.1 Å². The number of primary sulfonamides is 1. The molecule has 15 nitrogen and oxygen atoms in total. The van der Waals surface area contributed by atoms with Crippen molar-refractivity contribution in [3.8, 4) is 11.5 Å². The van der Waals surface area contributed by atoms with E-state index in [2.05, 4.69) is 5.32 Å². The van der Waals surface area contributed by atoms with Crippen LogP contribution in [0.5, 0.6) is 11.5 Å². The number of anilines is 2. The average Bonchev–Trinajstić information content (AvgIpc) is 3.50. The summed E-state index contributed by atoms with van der Waals surface area (Å²) in [5, 5.41) is 18.3. The number of ether oxygens (including phenoxy) is 2. The molecule has 0 bridgehead atoms. The van der Waals surface area contributed by atoms with Crippen molar-refractivity contribution < 1.29 is 37.2 Å². The predicted molar refractivity (Wildman–Crippen MR) is 175 cm³/mol. The second kappa shape index (κ2) is 12.5. The monoisotopic (exact) mass is 711 g/mol. The van der Waals surface area contributed by atoms with E-state index in [9.17, 15) is 37.7 Å². The van der Waals surface area contributed by atoms with Gasteiger partial charge in [-0.25, -0.2) is 18.5 Å². The van der Waals surface area contributed by atoms with Gasteiger partial charge in [-0.1, -0.05) is 29.2 Å². The second-order valence-corrected chi connectivity index (χ2v) is 14.4. The lowest BCUT2D eigenvalue weighted by Crippen LogP contribution is -2.33. The molecule has 3 atom stereocenters. The molecule has 3 aromatic carbocycles. The Bertz CT molecular complexity index is 2150. The number of hydrogen-bond donors (Lipinski definition) is 2. The molecule has 1 aromatic heterocycles. The van der Waals surface area contributed by atoms with E-state index in [1.807, 2.05) is 0 Å². The smallest absolute Gasteiger partial charge is 0.308 e. The molecule has 2 aliphatic heterocycles. The molecule has 0 radical (unpaired) electrons. The van der Waals surface area contributed by atoms with Crippen LogP contribution in [0.2, 0.25) is 0 Å². The van der Waals surface area contributed by atoms with Gasteiger partial charge in [0.25, 0.3) is 5.69 Å². The number of hydrogen-bond acceptors (Lipinski definition) is 12. The number of methoxy groups -OCH3 is 2. The summed E-state index contributed by atoms with van der Waals surface area (Å²) in [4.78, 5) is 66.1. The third-order valence-corrected chi connectivity index (χ3v) is 11.4. The summed E-state index contributed by atoms with van der Waals surface area (Å²) in [5.74, 6) is -2.74. The summed E-state index contributed by atoms with van der Waals surface area (Å²) in [6.07, 6.45) is 0. The molecule has 3 N–H and O–H groups in total. The number of imide groups is 1. The zero-order chi connectivity index (χ0) is 34.5. The first-order valence-electron chi connectivity index (χ1n) is 14.0. The molecular weight excluding hydrogens is 687 g/mol. The minimum absolute atomic E-state index is 0.144. The molecule has 1 saturated heterocycles. The van der Waals surface area contributed by atoms with Gasteiger partial charge in [0.2, 0.25) is 27.7 Å². The maximum atomic E-state index is 14.1. The van der Waals surface area contributed by atoms with Crippen LogP contribution in [0.25, 0.3) is 0 Å². The van der Waals surface area contributed by atoms with Crippen molar-refractivity contribution in [1.29, 1.82) is 0 Å². The highest BCUT2D eigenvalue weighted by molar-refractivity contribution is 8.00. The van der Waals surface area contributed by atoms with Gasteiger partial charge in [0.1, 0.15) is 11.8 Å². The number of rotatable bonds is 9. The molecule has 1 fully saturated rings. The largest absolute Gasteiger partial charge is 0.493 e. The summed E-state index contributed by atoms with van der Waals surface area (Å²) in [6, 6.07) is 15.2.